The van der Waals surface area contributed by atoms with Crippen LogP contribution in [0.4, 0.5) is 10.6 Å². The monoisotopic (exact) mass is 292 g/mol. The van der Waals surface area contributed by atoms with Crippen molar-refractivity contribution in [2.45, 2.75) is 32.2 Å². The predicted molar refractivity (Wildman–Crippen MR) is 80.2 cm³/mol. The van der Waals surface area contributed by atoms with Crippen LogP contribution in [0.2, 0.25) is 0 Å². The minimum atomic E-state index is -0.0194. The van der Waals surface area contributed by atoms with Crippen molar-refractivity contribution in [1.82, 2.24) is 14.7 Å². The Hall–Kier alpha value is -1.56. The minimum Gasteiger partial charge on any atom is -0.382 e. The summed E-state index contributed by atoms with van der Waals surface area (Å²) in [5.74, 6) is 2.05. The highest BCUT2D eigenvalue weighted by Gasteiger charge is 2.38. The lowest BCUT2D eigenvalue weighted by Crippen LogP contribution is -2.33. The molecule has 6 heteroatoms. The molecule has 0 aromatic carbocycles. The second-order valence-electron chi connectivity index (χ2n) is 6.27. The summed E-state index contributed by atoms with van der Waals surface area (Å²) >= 11 is 0. The molecule has 2 amide bonds. The van der Waals surface area contributed by atoms with Crippen molar-refractivity contribution in [3.63, 3.8) is 0 Å². The Morgan fingerprint density at radius 2 is 2.19 bits per heavy atom. The number of nitrogens with one attached hydrogen (secondary N) is 1. The maximum absolute atomic E-state index is 12.3. The molecular weight excluding hydrogens is 268 g/mol. The molecule has 3 atom stereocenters. The number of ether oxygens (including phenoxy) is 1. The first-order valence-electron chi connectivity index (χ1n) is 7.77. The van der Waals surface area contributed by atoms with Gasteiger partial charge in [0.15, 0.2) is 5.82 Å². The van der Waals surface area contributed by atoms with Crippen molar-refractivity contribution < 1.29 is 9.53 Å². The topological polar surface area (TPSA) is 59.4 Å². The third-order valence-corrected chi connectivity index (χ3v) is 4.72. The summed E-state index contributed by atoms with van der Waals surface area (Å²) in [5, 5.41) is 7.30. The number of methoxy groups -OCH3 is 1. The number of nitrogens with zero attached hydrogens (tertiary/aromatic N) is 3. The Kier molecular flexibility index (Phi) is 4.14. The number of urea groups is 1. The SMILES string of the molecule is COCC(C)n1ccc(NC(=O)N2CC3CCCC3C2)n1. The molecule has 1 aliphatic carbocycles. The zero-order chi connectivity index (χ0) is 14.8. The summed E-state index contributed by atoms with van der Waals surface area (Å²) in [4.78, 5) is 14.2. The Morgan fingerprint density at radius 1 is 1.48 bits per heavy atom. The first-order valence-corrected chi connectivity index (χ1v) is 7.77. The number of anilines is 1. The Balaban J connectivity index is 1.55. The van der Waals surface area contributed by atoms with Crippen LogP contribution in [-0.4, -0.2) is 47.5 Å². The quantitative estimate of drug-likeness (QED) is 0.926. The van der Waals surface area contributed by atoms with Crippen molar-refractivity contribution in [3.05, 3.63) is 12.3 Å². The van der Waals surface area contributed by atoms with Crippen molar-refractivity contribution >= 4 is 11.8 Å². The third-order valence-electron chi connectivity index (χ3n) is 4.72. The summed E-state index contributed by atoms with van der Waals surface area (Å²) in [5.41, 5.74) is 0. The molecule has 1 aromatic heterocycles. The van der Waals surface area contributed by atoms with Crippen LogP contribution >= 0.6 is 0 Å². The molecule has 0 bridgehead atoms. The van der Waals surface area contributed by atoms with Crippen LogP contribution in [0.3, 0.4) is 0 Å². The van der Waals surface area contributed by atoms with Gasteiger partial charge in [0.05, 0.1) is 12.6 Å². The number of likely N-dealkylation sites (tertiary alicyclic amines) is 1. The van der Waals surface area contributed by atoms with E-state index in [0.29, 0.717) is 12.4 Å². The van der Waals surface area contributed by atoms with E-state index in [0.717, 1.165) is 24.9 Å². The molecule has 116 valence electrons. The lowest BCUT2D eigenvalue weighted by Gasteiger charge is -2.17. The van der Waals surface area contributed by atoms with Gasteiger partial charge in [0.2, 0.25) is 0 Å². The Labute approximate surface area is 125 Å². The molecule has 1 saturated carbocycles. The largest absolute Gasteiger partial charge is 0.382 e. The fraction of sp³-hybridized carbons (Fsp3) is 0.733. The van der Waals surface area contributed by atoms with Crippen LogP contribution in [-0.2, 0) is 4.74 Å². The molecule has 1 N–H and O–H groups in total. The van der Waals surface area contributed by atoms with Crippen molar-refractivity contribution in [1.29, 1.82) is 0 Å². The van der Waals surface area contributed by atoms with E-state index in [2.05, 4.69) is 10.4 Å². The summed E-state index contributed by atoms with van der Waals surface area (Å²) in [6.45, 7) is 4.43. The second kappa shape index (κ2) is 6.05. The highest BCUT2D eigenvalue weighted by molar-refractivity contribution is 5.88. The number of aromatic nitrogens is 2. The number of hydrogen-bond donors (Lipinski definition) is 1. The van der Waals surface area contributed by atoms with Gasteiger partial charge in [-0.05, 0) is 31.6 Å². The number of fused-ring (bicyclic) bond motifs is 1. The van der Waals surface area contributed by atoms with E-state index >= 15 is 0 Å². The molecule has 3 rings (SSSR count). The first-order chi connectivity index (χ1) is 10.2. The van der Waals surface area contributed by atoms with Crippen LogP contribution in [0.1, 0.15) is 32.2 Å². The number of carbonyl (C=O) groups is 1. The summed E-state index contributed by atoms with van der Waals surface area (Å²) in [7, 11) is 1.67. The standard InChI is InChI=1S/C15H24N4O2/c1-11(10-21-2)19-7-6-14(17-19)16-15(20)18-8-12-4-3-5-13(12)9-18/h6-7,11-13H,3-5,8-10H2,1-2H3,(H,16,17,20). The summed E-state index contributed by atoms with van der Waals surface area (Å²) in [6, 6.07) is 1.97. The Morgan fingerprint density at radius 3 is 2.86 bits per heavy atom. The molecule has 2 aliphatic rings. The van der Waals surface area contributed by atoms with Crippen molar-refractivity contribution in [2.24, 2.45) is 11.8 Å². The van der Waals surface area contributed by atoms with Gasteiger partial charge in [0.25, 0.3) is 0 Å². The lowest BCUT2D eigenvalue weighted by molar-refractivity contribution is 0.157. The molecule has 0 spiro atoms. The van der Waals surface area contributed by atoms with Gasteiger partial charge in [-0.15, -0.1) is 0 Å². The van der Waals surface area contributed by atoms with Gasteiger partial charge in [-0.3, -0.25) is 10.00 Å². The van der Waals surface area contributed by atoms with E-state index in [4.69, 9.17) is 4.74 Å². The molecule has 2 fully saturated rings. The molecule has 0 radical (unpaired) electrons. The Bertz CT molecular complexity index is 490. The smallest absolute Gasteiger partial charge is 0.323 e. The maximum Gasteiger partial charge on any atom is 0.323 e. The van der Waals surface area contributed by atoms with Gasteiger partial charge in [-0.1, -0.05) is 6.42 Å². The van der Waals surface area contributed by atoms with Crippen LogP contribution in [0.5, 0.6) is 0 Å². The van der Waals surface area contributed by atoms with E-state index in [1.165, 1.54) is 19.3 Å². The van der Waals surface area contributed by atoms with Crippen LogP contribution in [0, 0.1) is 11.8 Å². The number of amides is 2. The molecule has 6 nitrogen and oxygen atoms in total. The van der Waals surface area contributed by atoms with Gasteiger partial charge >= 0.3 is 6.03 Å². The van der Waals surface area contributed by atoms with E-state index in [9.17, 15) is 4.79 Å². The van der Waals surface area contributed by atoms with Gasteiger partial charge < -0.3 is 9.64 Å². The summed E-state index contributed by atoms with van der Waals surface area (Å²) < 4.78 is 6.93. The van der Waals surface area contributed by atoms with Gasteiger partial charge in [-0.2, -0.15) is 5.10 Å². The highest BCUT2D eigenvalue weighted by atomic mass is 16.5. The lowest BCUT2D eigenvalue weighted by atomic mass is 10.0. The second-order valence-corrected chi connectivity index (χ2v) is 6.27. The molecular formula is C15H24N4O2. The molecule has 1 aliphatic heterocycles. The molecule has 1 saturated heterocycles. The first kappa shape index (κ1) is 14.4. The van der Waals surface area contributed by atoms with Crippen molar-refractivity contribution in [2.75, 3.05) is 32.1 Å². The number of rotatable bonds is 4. The van der Waals surface area contributed by atoms with Crippen molar-refractivity contribution in [3.8, 4) is 0 Å². The van der Waals surface area contributed by atoms with Crippen LogP contribution in [0.25, 0.3) is 0 Å². The average Bonchev–Trinajstić information content (AvgIpc) is 3.13. The zero-order valence-electron chi connectivity index (χ0n) is 12.8. The van der Waals surface area contributed by atoms with Crippen LogP contribution in [0.15, 0.2) is 12.3 Å². The molecule has 21 heavy (non-hydrogen) atoms. The van der Waals surface area contributed by atoms with Gasteiger partial charge in [0.1, 0.15) is 0 Å². The minimum absolute atomic E-state index is 0.0194. The van der Waals surface area contributed by atoms with E-state index in [1.54, 1.807) is 7.11 Å². The maximum atomic E-state index is 12.3. The summed E-state index contributed by atoms with van der Waals surface area (Å²) in [6.07, 6.45) is 5.75. The third kappa shape index (κ3) is 3.05. The van der Waals surface area contributed by atoms with E-state index < -0.39 is 0 Å². The van der Waals surface area contributed by atoms with Crippen LogP contribution < -0.4 is 5.32 Å². The zero-order valence-corrected chi connectivity index (χ0v) is 12.8. The molecule has 2 heterocycles. The number of hydrogen-bond acceptors (Lipinski definition) is 3. The van der Waals surface area contributed by atoms with Gasteiger partial charge in [0, 0.05) is 32.5 Å². The predicted octanol–water partition coefficient (Wildman–Crippen LogP) is 2.35. The number of carbonyl (C=O) groups excluding carboxylic acids is 1. The van der Waals surface area contributed by atoms with Gasteiger partial charge in [-0.25, -0.2) is 4.79 Å². The van der Waals surface area contributed by atoms with E-state index in [-0.39, 0.29) is 12.1 Å². The molecule has 1 aromatic rings. The fourth-order valence-corrected chi connectivity index (χ4v) is 3.56. The fourth-order valence-electron chi connectivity index (χ4n) is 3.56. The normalized spacial score (nSPS) is 25.9. The average molecular weight is 292 g/mol. The molecule has 3 unspecified atom stereocenters. The van der Waals surface area contributed by atoms with E-state index in [1.807, 2.05) is 28.8 Å². The highest BCUT2D eigenvalue weighted by Crippen LogP contribution is 2.37.